The molecule has 0 unspecified atom stereocenters. The van der Waals surface area contributed by atoms with E-state index in [0.29, 0.717) is 5.57 Å². The van der Waals surface area contributed by atoms with E-state index in [2.05, 4.69) is 6.58 Å². The second-order valence-corrected chi connectivity index (χ2v) is 15.8. The lowest BCUT2D eigenvalue weighted by molar-refractivity contribution is -0.330. The van der Waals surface area contributed by atoms with Crippen LogP contribution in [0.2, 0.25) is 0 Å². The summed E-state index contributed by atoms with van der Waals surface area (Å²) in [4.78, 5) is 101. The molecular formula is C37H46O18. The van der Waals surface area contributed by atoms with Gasteiger partial charge in [0.25, 0.3) is 0 Å². The van der Waals surface area contributed by atoms with Crippen LogP contribution in [0.4, 0.5) is 0 Å². The largest absolute Gasteiger partial charge is 0.481 e. The molecule has 4 bridgehead atoms. The number of hydrogen-bond acceptors (Lipinski definition) is 17. The second-order valence-electron chi connectivity index (χ2n) is 15.8. The molecule has 55 heavy (non-hydrogen) atoms. The fraction of sp³-hybridized carbons (Fsp3) is 0.730. The Morgan fingerprint density at radius 2 is 1.40 bits per heavy atom. The average molecular weight is 779 g/mol. The summed E-state index contributed by atoms with van der Waals surface area (Å²) >= 11 is 0. The summed E-state index contributed by atoms with van der Waals surface area (Å²) in [6.45, 7) is 12.1. The van der Waals surface area contributed by atoms with Gasteiger partial charge >= 0.3 is 47.8 Å². The first kappa shape index (κ1) is 40.1. The minimum atomic E-state index is -1.73. The summed E-state index contributed by atoms with van der Waals surface area (Å²) in [5, 5.41) is 11.1. The number of rotatable bonds is 10. The van der Waals surface area contributed by atoms with Crippen molar-refractivity contribution in [2.45, 2.75) is 135 Å². The molecule has 0 radical (unpaired) electrons. The first-order valence-electron chi connectivity index (χ1n) is 18.1. The molecule has 6 aliphatic rings. The highest BCUT2D eigenvalue weighted by Gasteiger charge is 2.86. The molecule has 302 valence electrons. The van der Waals surface area contributed by atoms with E-state index in [1.807, 2.05) is 0 Å². The monoisotopic (exact) mass is 778 g/mol. The molecule has 0 aromatic carbocycles. The summed E-state index contributed by atoms with van der Waals surface area (Å²) in [5.74, 6) is -9.53. The number of aliphatic carboxylic acids is 1. The van der Waals surface area contributed by atoms with Gasteiger partial charge in [-0.15, -0.1) is 0 Å². The van der Waals surface area contributed by atoms with Crippen LogP contribution in [-0.4, -0.2) is 114 Å². The molecule has 6 rings (SSSR count). The Kier molecular flexibility index (Phi) is 10.1. The summed E-state index contributed by atoms with van der Waals surface area (Å²) < 4.78 is 52.5. The topological polar surface area (TPSA) is 240 Å². The SMILES string of the molecule is C=C1C[C@]23C[C@@]1(O[C@@H]1O[C@H](COC(C)=O)[C@@H](OC(C)=O)[C@H](OC(C)=O)[C@H]1OC(C)=O)CC[C@H]2[C@@]12C[C@H](OC(C)=O)[C@H](OC(C)=O)[C@@](C)(C(=O)O1)[C@H]2[C@@H]3C(=O)O. The van der Waals surface area contributed by atoms with Crippen LogP contribution < -0.4 is 0 Å². The Balaban J connectivity index is 1.42. The number of carbonyl (C=O) groups is 8. The van der Waals surface area contributed by atoms with Crippen molar-refractivity contribution >= 4 is 47.8 Å². The molecule has 4 saturated carbocycles. The Hall–Kier alpha value is -4.58. The smallest absolute Gasteiger partial charge is 0.316 e. The fourth-order valence-electron chi connectivity index (χ4n) is 11.0. The molecule has 18 nitrogen and oxygen atoms in total. The van der Waals surface area contributed by atoms with E-state index in [1.165, 1.54) is 13.8 Å². The highest BCUT2D eigenvalue weighted by Crippen LogP contribution is 2.79. The third kappa shape index (κ3) is 6.34. The Morgan fingerprint density at radius 1 is 0.818 bits per heavy atom. The van der Waals surface area contributed by atoms with Crippen molar-refractivity contribution in [1.82, 2.24) is 0 Å². The maximum absolute atomic E-state index is 14.0. The van der Waals surface area contributed by atoms with Crippen LogP contribution in [0.3, 0.4) is 0 Å². The van der Waals surface area contributed by atoms with E-state index < -0.39 is 137 Å². The van der Waals surface area contributed by atoms with Crippen LogP contribution in [0.25, 0.3) is 0 Å². The van der Waals surface area contributed by atoms with Gasteiger partial charge in [0.15, 0.2) is 30.7 Å². The van der Waals surface area contributed by atoms with E-state index in [1.54, 1.807) is 0 Å². The van der Waals surface area contributed by atoms with Crippen LogP contribution in [0.5, 0.6) is 0 Å². The van der Waals surface area contributed by atoms with Gasteiger partial charge in [-0.05, 0) is 43.6 Å². The van der Waals surface area contributed by atoms with Crippen LogP contribution in [0, 0.1) is 28.6 Å². The number of hydrogen-bond donors (Lipinski definition) is 1. The lowest BCUT2D eigenvalue weighted by Gasteiger charge is -2.50. The van der Waals surface area contributed by atoms with Gasteiger partial charge in [-0.1, -0.05) is 6.58 Å². The van der Waals surface area contributed by atoms with Gasteiger partial charge in [-0.2, -0.15) is 0 Å². The van der Waals surface area contributed by atoms with E-state index in [9.17, 15) is 43.5 Å². The predicted molar refractivity (Wildman–Crippen MR) is 177 cm³/mol. The Morgan fingerprint density at radius 3 is 1.96 bits per heavy atom. The van der Waals surface area contributed by atoms with E-state index in [0.717, 1.165) is 34.6 Å². The Labute approximate surface area is 315 Å². The number of fused-ring (bicyclic) bond motifs is 1. The van der Waals surface area contributed by atoms with Crippen molar-refractivity contribution in [3.63, 3.8) is 0 Å². The highest BCUT2D eigenvalue weighted by atomic mass is 16.7. The third-order valence-corrected chi connectivity index (χ3v) is 12.4. The zero-order valence-electron chi connectivity index (χ0n) is 31.6. The molecule has 18 heteroatoms. The minimum absolute atomic E-state index is 0.00961. The Bertz CT molecular complexity index is 1720. The van der Waals surface area contributed by atoms with E-state index in [-0.39, 0.29) is 32.1 Å². The summed E-state index contributed by atoms with van der Waals surface area (Å²) in [7, 11) is 0. The molecule has 2 heterocycles. The third-order valence-electron chi connectivity index (χ3n) is 12.4. The molecule has 0 amide bonds. The minimum Gasteiger partial charge on any atom is -0.481 e. The fourth-order valence-corrected chi connectivity index (χ4v) is 11.0. The summed E-state index contributed by atoms with van der Waals surface area (Å²) in [6, 6.07) is 0. The van der Waals surface area contributed by atoms with Gasteiger partial charge in [-0.25, -0.2) is 0 Å². The molecule has 0 aromatic rings. The van der Waals surface area contributed by atoms with Crippen LogP contribution in [-0.2, 0) is 81.0 Å². The van der Waals surface area contributed by atoms with E-state index >= 15 is 0 Å². The van der Waals surface area contributed by atoms with Crippen molar-refractivity contribution in [2.24, 2.45) is 28.6 Å². The summed E-state index contributed by atoms with van der Waals surface area (Å²) in [6.07, 6.45) is -9.43. The molecule has 4 aliphatic carbocycles. The van der Waals surface area contributed by atoms with Gasteiger partial charge in [0, 0.05) is 59.8 Å². The van der Waals surface area contributed by atoms with Crippen LogP contribution in [0.15, 0.2) is 12.2 Å². The van der Waals surface area contributed by atoms with Gasteiger partial charge < -0.3 is 47.7 Å². The molecule has 0 aromatic heterocycles. The van der Waals surface area contributed by atoms with Crippen molar-refractivity contribution in [1.29, 1.82) is 0 Å². The normalized spacial score (nSPS) is 42.2. The van der Waals surface area contributed by atoms with Crippen molar-refractivity contribution in [3.05, 3.63) is 12.2 Å². The second kappa shape index (κ2) is 13.9. The molecule has 2 aliphatic heterocycles. The summed E-state index contributed by atoms with van der Waals surface area (Å²) in [5.41, 5.74) is -5.22. The molecule has 1 N–H and O–H groups in total. The van der Waals surface area contributed by atoms with Crippen LogP contribution >= 0.6 is 0 Å². The molecule has 14 atom stereocenters. The van der Waals surface area contributed by atoms with Crippen LogP contribution in [0.1, 0.15) is 80.6 Å². The molecule has 6 fully saturated rings. The lowest BCUT2D eigenvalue weighted by Crippen LogP contribution is -2.64. The highest BCUT2D eigenvalue weighted by molar-refractivity contribution is 5.86. The lowest BCUT2D eigenvalue weighted by atomic mass is 9.58. The quantitative estimate of drug-likeness (QED) is 0.188. The maximum atomic E-state index is 14.0. The number of esters is 7. The van der Waals surface area contributed by atoms with Gasteiger partial charge in [0.05, 0.1) is 11.5 Å². The van der Waals surface area contributed by atoms with Gasteiger partial charge in [0.1, 0.15) is 29.8 Å². The first-order valence-corrected chi connectivity index (χ1v) is 18.1. The predicted octanol–water partition coefficient (Wildman–Crippen LogP) is 1.47. The standard InChI is InChI=1S/C37H46O18/c1-15-11-35-14-36(15,54-32-28(51-20(6)42)27(50-19(5)41)26(49-18(4)40)23(53-32)13-47-16(2)38)10-9-24(35)37-12-22(48-17(3)39)30(52-21(7)43)34(8,33(46)55-37)29(37)25(35)31(44)45/h22-30,32H,1,9-14H2,2-8H3,(H,44,45)/t22-,23+,24+,25+,26+,27-,28+,29+,30-,32-,34-,35-,36-,37+/m0/s1. The van der Waals surface area contributed by atoms with Gasteiger partial charge in [-0.3, -0.25) is 38.4 Å². The van der Waals surface area contributed by atoms with Crippen molar-refractivity contribution in [3.8, 4) is 0 Å². The number of carbonyl (C=O) groups excluding carboxylic acids is 7. The van der Waals surface area contributed by atoms with Gasteiger partial charge in [0.2, 0.25) is 0 Å². The molecule has 1 spiro atoms. The maximum Gasteiger partial charge on any atom is 0.316 e. The van der Waals surface area contributed by atoms with Crippen molar-refractivity contribution in [2.75, 3.05) is 6.61 Å². The van der Waals surface area contributed by atoms with Crippen molar-refractivity contribution < 1.29 is 86.1 Å². The zero-order valence-corrected chi connectivity index (χ0v) is 31.6. The number of carboxylic acid groups (broad SMARTS) is 1. The number of ether oxygens (including phenoxy) is 9. The zero-order chi connectivity index (χ0) is 40.6. The molecule has 2 saturated heterocycles. The van der Waals surface area contributed by atoms with E-state index in [4.69, 9.17) is 42.6 Å². The molecular weight excluding hydrogens is 732 g/mol. The average Bonchev–Trinajstić information content (AvgIpc) is 3.48. The number of carboxylic acids is 1. The first-order chi connectivity index (χ1) is 25.6.